The van der Waals surface area contributed by atoms with Crippen LogP contribution in [0.15, 0.2) is 48.5 Å². The van der Waals surface area contributed by atoms with Gasteiger partial charge in [0.15, 0.2) is 0 Å². The Labute approximate surface area is 172 Å². The minimum absolute atomic E-state index is 0.0390. The predicted octanol–water partition coefficient (Wildman–Crippen LogP) is 2.92. The van der Waals surface area contributed by atoms with Crippen LogP contribution in [0.25, 0.3) is 0 Å². The third kappa shape index (κ3) is 4.43. The van der Waals surface area contributed by atoms with E-state index in [-0.39, 0.29) is 11.5 Å². The predicted molar refractivity (Wildman–Crippen MR) is 112 cm³/mol. The van der Waals surface area contributed by atoms with Crippen molar-refractivity contribution in [2.45, 2.75) is 37.9 Å². The van der Waals surface area contributed by atoms with Crippen molar-refractivity contribution >= 4 is 11.7 Å². The van der Waals surface area contributed by atoms with Crippen molar-refractivity contribution in [1.29, 1.82) is 0 Å². The van der Waals surface area contributed by atoms with Crippen molar-refractivity contribution < 1.29 is 14.3 Å². The summed E-state index contributed by atoms with van der Waals surface area (Å²) in [6, 6.07) is 16.1. The second kappa shape index (κ2) is 8.51. The normalized spacial score (nSPS) is 22.1. The zero-order valence-corrected chi connectivity index (χ0v) is 17.2. The van der Waals surface area contributed by atoms with Gasteiger partial charge in [0.25, 0.3) is 5.91 Å². The van der Waals surface area contributed by atoms with Crippen molar-refractivity contribution in [2.24, 2.45) is 0 Å². The summed E-state index contributed by atoms with van der Waals surface area (Å²) in [7, 11) is 1.59. The summed E-state index contributed by atoms with van der Waals surface area (Å²) in [6.07, 6.45) is 2.43. The van der Waals surface area contributed by atoms with Crippen LogP contribution in [-0.4, -0.2) is 60.8 Å². The molecule has 0 radical (unpaired) electrons. The van der Waals surface area contributed by atoms with Crippen LogP contribution in [0.3, 0.4) is 0 Å². The van der Waals surface area contributed by atoms with Crippen molar-refractivity contribution in [3.8, 4) is 5.88 Å². The maximum atomic E-state index is 12.8. The minimum atomic E-state index is -0.465. The number of hydrogen-bond acceptors (Lipinski definition) is 5. The van der Waals surface area contributed by atoms with Crippen LogP contribution < -0.4 is 9.64 Å². The summed E-state index contributed by atoms with van der Waals surface area (Å²) in [5.41, 5.74) is 1.07. The highest BCUT2D eigenvalue weighted by atomic mass is 16.5. The van der Waals surface area contributed by atoms with Crippen LogP contribution in [0.1, 0.15) is 25.3 Å². The highest BCUT2D eigenvalue weighted by Crippen LogP contribution is 2.35. The number of hydrogen-bond donors (Lipinski definition) is 0. The van der Waals surface area contributed by atoms with Gasteiger partial charge in [0, 0.05) is 25.7 Å². The number of ether oxygens (including phenoxy) is 2. The van der Waals surface area contributed by atoms with Crippen LogP contribution in [0.2, 0.25) is 0 Å². The molecule has 1 aromatic heterocycles. The van der Waals surface area contributed by atoms with Crippen molar-refractivity contribution in [2.75, 3.05) is 38.2 Å². The van der Waals surface area contributed by atoms with Crippen LogP contribution in [0.4, 0.5) is 5.82 Å². The number of rotatable bonds is 5. The maximum absolute atomic E-state index is 12.8. The van der Waals surface area contributed by atoms with E-state index in [1.807, 2.05) is 19.1 Å². The van der Waals surface area contributed by atoms with E-state index in [1.54, 1.807) is 18.1 Å². The number of morpholine rings is 1. The number of methoxy groups -OCH3 is 1. The molecule has 2 fully saturated rings. The molecule has 154 valence electrons. The molecule has 0 N–H and O–H groups in total. The topological polar surface area (TPSA) is 54.9 Å². The number of carbonyl (C=O) groups excluding carboxylic acids is 1. The Morgan fingerprint density at radius 2 is 1.90 bits per heavy atom. The summed E-state index contributed by atoms with van der Waals surface area (Å²) in [5, 5.41) is 0. The Balaban J connectivity index is 1.41. The molecule has 1 amide bonds. The Kier molecular flexibility index (Phi) is 5.83. The smallest absolute Gasteiger partial charge is 0.257 e. The molecule has 4 rings (SSSR count). The second-order valence-corrected chi connectivity index (χ2v) is 7.98. The lowest BCUT2D eigenvalue weighted by Gasteiger charge is -2.48. The molecule has 2 aliphatic rings. The number of nitrogens with zero attached hydrogens (tertiary/aromatic N) is 3. The van der Waals surface area contributed by atoms with Crippen molar-refractivity contribution in [1.82, 2.24) is 9.88 Å². The van der Waals surface area contributed by atoms with Gasteiger partial charge in [0.2, 0.25) is 5.88 Å². The van der Waals surface area contributed by atoms with Crippen LogP contribution in [0.5, 0.6) is 5.88 Å². The largest absolute Gasteiger partial charge is 0.481 e. The Bertz CT molecular complexity index is 834. The molecule has 2 saturated heterocycles. The van der Waals surface area contributed by atoms with E-state index in [4.69, 9.17) is 9.47 Å². The maximum Gasteiger partial charge on any atom is 0.257 e. The third-order valence-corrected chi connectivity index (χ3v) is 6.01. The monoisotopic (exact) mass is 395 g/mol. The number of carbonyl (C=O) groups is 1. The van der Waals surface area contributed by atoms with Gasteiger partial charge in [-0.15, -0.1) is 0 Å². The second-order valence-electron chi connectivity index (χ2n) is 7.98. The summed E-state index contributed by atoms with van der Waals surface area (Å²) >= 11 is 0. The van der Waals surface area contributed by atoms with Crippen LogP contribution in [0, 0.1) is 0 Å². The molecule has 29 heavy (non-hydrogen) atoms. The molecule has 2 aromatic rings. The molecular formula is C23H29N3O3. The van der Waals surface area contributed by atoms with E-state index < -0.39 is 6.10 Å². The fourth-order valence-electron chi connectivity index (χ4n) is 4.30. The van der Waals surface area contributed by atoms with E-state index in [1.165, 1.54) is 5.56 Å². The molecule has 1 unspecified atom stereocenters. The first-order chi connectivity index (χ1) is 14.1. The van der Waals surface area contributed by atoms with E-state index in [0.29, 0.717) is 18.2 Å². The van der Waals surface area contributed by atoms with Crippen molar-refractivity contribution in [3.63, 3.8) is 0 Å². The van der Waals surface area contributed by atoms with Crippen molar-refractivity contribution in [3.05, 3.63) is 54.1 Å². The first kappa shape index (κ1) is 19.9. The molecular weight excluding hydrogens is 366 g/mol. The number of likely N-dealkylation sites (tertiary alicyclic amines) is 1. The highest BCUT2D eigenvalue weighted by molar-refractivity contribution is 5.96. The number of piperidine rings is 1. The van der Waals surface area contributed by atoms with E-state index in [2.05, 4.69) is 40.2 Å². The summed E-state index contributed by atoms with van der Waals surface area (Å²) < 4.78 is 11.5. The molecule has 1 aromatic carbocycles. The number of amides is 1. The summed E-state index contributed by atoms with van der Waals surface area (Å²) in [5.74, 6) is 1.11. The molecule has 3 heterocycles. The average molecular weight is 396 g/mol. The van der Waals surface area contributed by atoms with Gasteiger partial charge in [-0.05, 0) is 37.8 Å². The van der Waals surface area contributed by atoms with Gasteiger partial charge in [-0.25, -0.2) is 0 Å². The van der Waals surface area contributed by atoms with Gasteiger partial charge in [-0.3, -0.25) is 9.69 Å². The van der Waals surface area contributed by atoms with Gasteiger partial charge in [0.05, 0.1) is 19.3 Å². The fourth-order valence-corrected chi connectivity index (χ4v) is 4.30. The van der Waals surface area contributed by atoms with Gasteiger partial charge >= 0.3 is 0 Å². The zero-order chi connectivity index (χ0) is 20.3. The Morgan fingerprint density at radius 1 is 1.14 bits per heavy atom. The van der Waals surface area contributed by atoms with Gasteiger partial charge in [-0.2, -0.15) is 4.98 Å². The van der Waals surface area contributed by atoms with E-state index in [9.17, 15) is 4.79 Å². The standard InChI is InChI=1S/C23H29N3O3/c1-18-22(27)26(20-9-6-10-21(24-20)28-2)17-23(29-18)12-15-25(16-13-23)14-11-19-7-4-3-5-8-19/h3-10,18H,11-17H2,1-2H3. The minimum Gasteiger partial charge on any atom is -0.481 e. The molecule has 6 nitrogen and oxygen atoms in total. The lowest BCUT2D eigenvalue weighted by Crippen LogP contribution is -2.61. The Hall–Kier alpha value is -2.44. The van der Waals surface area contributed by atoms with E-state index >= 15 is 0 Å². The summed E-state index contributed by atoms with van der Waals surface area (Å²) in [4.78, 5) is 21.5. The van der Waals surface area contributed by atoms with Crippen LogP contribution >= 0.6 is 0 Å². The number of aromatic nitrogens is 1. The molecule has 1 spiro atoms. The third-order valence-electron chi connectivity index (χ3n) is 6.01. The molecule has 2 aliphatic heterocycles. The fraction of sp³-hybridized carbons (Fsp3) is 0.478. The van der Waals surface area contributed by atoms with Crippen LogP contribution in [-0.2, 0) is 16.0 Å². The first-order valence-electron chi connectivity index (χ1n) is 10.4. The Morgan fingerprint density at radius 3 is 2.62 bits per heavy atom. The lowest BCUT2D eigenvalue weighted by molar-refractivity contribution is -0.161. The van der Waals surface area contributed by atoms with Gasteiger partial charge in [0.1, 0.15) is 11.9 Å². The quantitative estimate of drug-likeness (QED) is 0.779. The molecule has 0 saturated carbocycles. The number of benzene rings is 1. The highest BCUT2D eigenvalue weighted by Gasteiger charge is 2.46. The van der Waals surface area contributed by atoms with E-state index in [0.717, 1.165) is 38.9 Å². The van der Waals surface area contributed by atoms with Gasteiger partial charge in [-0.1, -0.05) is 36.4 Å². The number of pyridine rings is 1. The average Bonchev–Trinajstić information content (AvgIpc) is 2.77. The molecule has 0 aliphatic carbocycles. The molecule has 6 heteroatoms. The summed E-state index contributed by atoms with van der Waals surface area (Å²) in [6.45, 7) is 5.40. The zero-order valence-electron chi connectivity index (χ0n) is 17.2. The van der Waals surface area contributed by atoms with Gasteiger partial charge < -0.3 is 14.4 Å². The molecule has 0 bridgehead atoms. The SMILES string of the molecule is COc1cccc(N2CC3(CCN(CCc4ccccc4)CC3)OC(C)C2=O)n1. The first-order valence-corrected chi connectivity index (χ1v) is 10.4. The number of anilines is 1. The molecule has 1 atom stereocenters. The lowest BCUT2D eigenvalue weighted by atomic mass is 9.88.